The third-order valence-corrected chi connectivity index (χ3v) is 10.6. The third-order valence-electron chi connectivity index (χ3n) is 10.3. The molecule has 2 aromatic carbocycles. The van der Waals surface area contributed by atoms with E-state index in [2.05, 4.69) is 25.5 Å². The van der Waals surface area contributed by atoms with Crippen LogP contribution in [0.5, 0.6) is 11.8 Å². The molecule has 3 amide bonds. The fraction of sp³-hybridized carbons (Fsp3) is 0.441. The molecule has 4 aliphatic rings. The normalized spacial score (nSPS) is 25.1. The molecular weight excluding hydrogens is 679 g/mol. The zero-order chi connectivity index (χ0) is 34.8. The Hall–Kier alpha value is -4.47. The number of aromatic nitrogens is 3. The van der Waals surface area contributed by atoms with Gasteiger partial charge in [0.2, 0.25) is 0 Å². The van der Waals surface area contributed by atoms with Gasteiger partial charge >= 0.3 is 12.0 Å². The van der Waals surface area contributed by atoms with Gasteiger partial charge in [0, 0.05) is 43.8 Å². The van der Waals surface area contributed by atoms with E-state index in [1.54, 1.807) is 11.0 Å². The number of anilines is 1. The molecule has 16 heteroatoms. The average Bonchev–Trinajstić information content (AvgIpc) is 3.72. The van der Waals surface area contributed by atoms with Gasteiger partial charge in [-0.1, -0.05) is 17.7 Å². The summed E-state index contributed by atoms with van der Waals surface area (Å²) in [7, 11) is 1.46. The number of rotatable bonds is 8. The number of ether oxygens (including phenoxy) is 3. The smallest absolute Gasteiger partial charge is 0.322 e. The van der Waals surface area contributed by atoms with E-state index in [4.69, 9.17) is 30.8 Å². The molecule has 50 heavy (non-hydrogen) atoms. The van der Waals surface area contributed by atoms with Crippen LogP contribution in [0.25, 0.3) is 32.9 Å². The van der Waals surface area contributed by atoms with Crippen molar-refractivity contribution in [1.29, 1.82) is 0 Å². The number of urea groups is 1. The van der Waals surface area contributed by atoms with Crippen molar-refractivity contribution in [2.24, 2.45) is 0 Å². The first-order valence-electron chi connectivity index (χ1n) is 16.4. The Balaban J connectivity index is 1.27. The Bertz CT molecular complexity index is 2060. The lowest BCUT2D eigenvalue weighted by atomic mass is 9.89. The molecule has 4 aliphatic heterocycles. The predicted molar refractivity (Wildman–Crippen MR) is 177 cm³/mol. The second-order valence-electron chi connectivity index (χ2n) is 13.4. The number of piperidine rings is 1. The number of amides is 3. The molecule has 8 rings (SSSR count). The number of nitrogens with one attached hydrogen (secondary N) is 2. The lowest BCUT2D eigenvalue weighted by Crippen LogP contribution is -2.58. The predicted octanol–water partition coefficient (Wildman–Crippen LogP) is 4.89. The summed E-state index contributed by atoms with van der Waals surface area (Å²) in [5.74, 6) is -1.45. The molecule has 12 nitrogen and oxygen atoms in total. The average molecular weight is 712 g/mol. The van der Waals surface area contributed by atoms with Crippen molar-refractivity contribution in [2.45, 2.75) is 49.4 Å². The highest BCUT2D eigenvalue weighted by atomic mass is 35.5. The summed E-state index contributed by atoms with van der Waals surface area (Å²) >= 11 is 6.46. The third kappa shape index (κ3) is 5.42. The van der Waals surface area contributed by atoms with Crippen LogP contribution < -0.4 is 25.0 Å². The fourth-order valence-electron chi connectivity index (χ4n) is 7.98. The molecule has 4 saturated heterocycles. The molecule has 4 aromatic rings. The van der Waals surface area contributed by atoms with Gasteiger partial charge in [-0.3, -0.25) is 20.0 Å². The summed E-state index contributed by atoms with van der Waals surface area (Å²) < 4.78 is 63.3. The summed E-state index contributed by atoms with van der Waals surface area (Å²) in [5, 5.41) is 5.76. The van der Waals surface area contributed by atoms with Crippen molar-refractivity contribution in [2.75, 3.05) is 51.6 Å². The van der Waals surface area contributed by atoms with Crippen LogP contribution in [0.2, 0.25) is 5.02 Å². The molecule has 1 unspecified atom stereocenters. The molecule has 0 aliphatic carbocycles. The first kappa shape index (κ1) is 32.7. The summed E-state index contributed by atoms with van der Waals surface area (Å²) in [5.41, 5.74) is -1.89. The van der Waals surface area contributed by atoms with Crippen LogP contribution in [-0.4, -0.2) is 95.7 Å². The topological polar surface area (TPSA) is 131 Å². The summed E-state index contributed by atoms with van der Waals surface area (Å²) in [6.07, 6.45) is 3.30. The van der Waals surface area contributed by atoms with Gasteiger partial charge in [0.15, 0.2) is 12.6 Å². The molecule has 0 saturated carbocycles. The van der Waals surface area contributed by atoms with Gasteiger partial charge in [-0.05, 0) is 55.8 Å². The summed E-state index contributed by atoms with van der Waals surface area (Å²) in [6, 6.07) is 5.12. The Labute approximate surface area is 289 Å². The second-order valence-corrected chi connectivity index (χ2v) is 13.8. The highest BCUT2D eigenvalue weighted by molar-refractivity contribution is 6.37. The molecule has 6 heterocycles. The molecule has 2 N–H and O–H groups in total. The van der Waals surface area contributed by atoms with Gasteiger partial charge in [-0.25, -0.2) is 18.0 Å². The monoisotopic (exact) mass is 711 g/mol. The van der Waals surface area contributed by atoms with E-state index in [0.29, 0.717) is 43.5 Å². The maximum absolute atomic E-state index is 17.0. The highest BCUT2D eigenvalue weighted by Crippen LogP contribution is 2.43. The number of alkyl halides is 1. The van der Waals surface area contributed by atoms with Crippen molar-refractivity contribution in [3.05, 3.63) is 47.1 Å². The maximum atomic E-state index is 17.0. The standard InChI is InChI=1S/C34H33ClF3N7O5/c1-48-17-50-20-10-18-4-5-23(37)25(35)24(18)21(11-20)27-26(38)28-22(13-39-27)29(44-8-3-7-34(15-44)30(46)42-31(47)43-34)41-32(40-28)49-16-33-6-2-9-45(33)14-19(36)12-33/h4-5,10-11,13,19H,2-3,6-9,12,14-17H2,1H3,(H2,42,43,46,47)/t19-,33+,34?/m1/s1. The number of carbonyl (C=O) groups is 2. The Morgan fingerprint density at radius 1 is 1.10 bits per heavy atom. The molecule has 262 valence electrons. The van der Waals surface area contributed by atoms with Crippen LogP contribution in [0, 0.1) is 11.6 Å². The zero-order valence-electron chi connectivity index (χ0n) is 27.0. The van der Waals surface area contributed by atoms with E-state index in [1.807, 2.05) is 0 Å². The molecule has 2 aromatic heterocycles. The van der Waals surface area contributed by atoms with E-state index < -0.39 is 40.8 Å². The van der Waals surface area contributed by atoms with Crippen molar-refractivity contribution in [3.63, 3.8) is 0 Å². The first-order valence-corrected chi connectivity index (χ1v) is 16.8. The van der Waals surface area contributed by atoms with Gasteiger partial charge in [0.25, 0.3) is 5.91 Å². The first-order chi connectivity index (χ1) is 24.1. The van der Waals surface area contributed by atoms with Crippen LogP contribution in [0.1, 0.15) is 32.1 Å². The van der Waals surface area contributed by atoms with Gasteiger partial charge in [-0.15, -0.1) is 0 Å². The summed E-state index contributed by atoms with van der Waals surface area (Å²) in [4.78, 5) is 42.7. The van der Waals surface area contributed by atoms with Gasteiger partial charge in [0.1, 0.15) is 46.9 Å². The SMILES string of the molecule is COCOc1cc(-c2ncc3c(N4CCCC5(C4)NC(=O)NC5=O)nc(OC[C@@]45CCCN4C[C@H](F)C5)nc3c2F)c2c(Cl)c(F)ccc2c1. The largest absolute Gasteiger partial charge is 0.468 e. The lowest BCUT2D eigenvalue weighted by Gasteiger charge is -2.39. The minimum Gasteiger partial charge on any atom is -0.468 e. The Morgan fingerprint density at radius 3 is 2.74 bits per heavy atom. The van der Waals surface area contributed by atoms with Crippen molar-refractivity contribution in [3.8, 4) is 23.0 Å². The molecule has 0 radical (unpaired) electrons. The molecule has 1 spiro atoms. The molecule has 0 bridgehead atoms. The number of imide groups is 1. The number of hydrogen-bond donors (Lipinski definition) is 2. The number of halogens is 4. The number of fused-ring (bicyclic) bond motifs is 3. The maximum Gasteiger partial charge on any atom is 0.322 e. The van der Waals surface area contributed by atoms with E-state index in [9.17, 15) is 18.4 Å². The van der Waals surface area contributed by atoms with E-state index >= 15 is 4.39 Å². The van der Waals surface area contributed by atoms with Crippen molar-refractivity contribution >= 4 is 51.0 Å². The Kier molecular flexibility index (Phi) is 8.11. The van der Waals surface area contributed by atoms with Crippen LogP contribution in [0.3, 0.4) is 0 Å². The van der Waals surface area contributed by atoms with Gasteiger partial charge < -0.3 is 24.4 Å². The van der Waals surface area contributed by atoms with Crippen LogP contribution in [-0.2, 0) is 9.53 Å². The quantitative estimate of drug-likeness (QED) is 0.192. The minimum atomic E-state index is -1.20. The fourth-order valence-corrected chi connectivity index (χ4v) is 8.25. The number of carbonyl (C=O) groups excluding carboxylic acids is 2. The van der Waals surface area contributed by atoms with Crippen LogP contribution in [0.4, 0.5) is 23.8 Å². The lowest BCUT2D eigenvalue weighted by molar-refractivity contribution is -0.124. The highest BCUT2D eigenvalue weighted by Gasteiger charge is 2.50. The molecular formula is C34H33ClF3N7O5. The molecule has 4 fully saturated rings. The van der Waals surface area contributed by atoms with E-state index in [1.165, 1.54) is 31.5 Å². The minimum absolute atomic E-state index is 0.0547. The van der Waals surface area contributed by atoms with Gasteiger partial charge in [0.05, 0.1) is 22.5 Å². The van der Waals surface area contributed by atoms with Gasteiger partial charge in [-0.2, -0.15) is 9.97 Å². The number of nitrogens with zero attached hydrogens (tertiary/aromatic N) is 5. The van der Waals surface area contributed by atoms with Crippen molar-refractivity contribution in [1.82, 2.24) is 30.5 Å². The number of hydrogen-bond acceptors (Lipinski definition) is 10. The second kappa shape index (κ2) is 12.4. The summed E-state index contributed by atoms with van der Waals surface area (Å²) in [6.45, 7) is 1.57. The zero-order valence-corrected chi connectivity index (χ0v) is 27.8. The number of benzene rings is 2. The van der Waals surface area contributed by atoms with Crippen LogP contribution in [0.15, 0.2) is 30.5 Å². The number of methoxy groups -OCH3 is 1. The molecule has 3 atom stereocenters. The Morgan fingerprint density at radius 2 is 1.94 bits per heavy atom. The van der Waals surface area contributed by atoms with Crippen LogP contribution >= 0.6 is 11.6 Å². The van der Waals surface area contributed by atoms with E-state index in [-0.39, 0.29) is 64.3 Å². The van der Waals surface area contributed by atoms with E-state index in [0.717, 1.165) is 19.4 Å². The van der Waals surface area contributed by atoms with Crippen molar-refractivity contribution < 1.29 is 37.0 Å². The number of pyridine rings is 1.